The number of fused-ring (bicyclic) bond motifs is 3. The van der Waals surface area contributed by atoms with Crippen molar-refractivity contribution >= 4 is 39.0 Å². The van der Waals surface area contributed by atoms with E-state index in [0.29, 0.717) is 0 Å². The molecule has 0 atom stereocenters. The summed E-state index contributed by atoms with van der Waals surface area (Å²) in [6.07, 6.45) is 0. The Labute approximate surface area is 362 Å². The predicted octanol–water partition coefficient (Wildman–Crippen LogP) is 17.1. The van der Waals surface area contributed by atoms with E-state index in [1.54, 1.807) is 0 Å². The number of hydrogen-bond acceptors (Lipinski definition) is 2. The fourth-order valence-corrected chi connectivity index (χ4v) is 8.93. The first-order valence-corrected chi connectivity index (χ1v) is 21.2. The molecule has 0 unspecified atom stereocenters. The van der Waals surface area contributed by atoms with Gasteiger partial charge in [-0.3, -0.25) is 0 Å². The van der Waals surface area contributed by atoms with Gasteiger partial charge >= 0.3 is 0 Å². The van der Waals surface area contributed by atoms with Gasteiger partial charge in [0.2, 0.25) is 0 Å². The van der Waals surface area contributed by atoms with Crippen LogP contribution in [0.25, 0.3) is 88.7 Å². The molecule has 2 nitrogen and oxygen atoms in total. The van der Waals surface area contributed by atoms with Crippen molar-refractivity contribution < 1.29 is 4.42 Å². The smallest absolute Gasteiger partial charge is 0.137 e. The maximum atomic E-state index is 6.49. The number of hydrogen-bond donors (Lipinski definition) is 0. The Morgan fingerprint density at radius 3 is 1.23 bits per heavy atom. The number of nitrogens with zero attached hydrogens (tertiary/aromatic N) is 1. The van der Waals surface area contributed by atoms with E-state index in [0.717, 1.165) is 55.7 Å². The zero-order chi connectivity index (χ0) is 41.2. The van der Waals surface area contributed by atoms with Crippen LogP contribution in [-0.4, -0.2) is 0 Å². The summed E-state index contributed by atoms with van der Waals surface area (Å²) in [5.41, 5.74) is 19.1. The van der Waals surface area contributed by atoms with E-state index in [1.807, 2.05) is 6.07 Å². The first-order chi connectivity index (χ1) is 30.8. The minimum absolute atomic E-state index is 0.855. The molecule has 62 heavy (non-hydrogen) atoms. The summed E-state index contributed by atoms with van der Waals surface area (Å²) < 4.78 is 6.49. The zero-order valence-electron chi connectivity index (χ0n) is 34.0. The van der Waals surface area contributed by atoms with Crippen molar-refractivity contribution in [3.8, 4) is 66.8 Å². The van der Waals surface area contributed by atoms with Crippen molar-refractivity contribution in [2.45, 2.75) is 0 Å². The third kappa shape index (κ3) is 6.84. The van der Waals surface area contributed by atoms with Crippen LogP contribution in [0.4, 0.5) is 17.1 Å². The van der Waals surface area contributed by atoms with Crippen molar-refractivity contribution in [3.05, 3.63) is 249 Å². The third-order valence-corrected chi connectivity index (χ3v) is 12.0. The highest BCUT2D eigenvalue weighted by Crippen LogP contribution is 2.48. The van der Waals surface area contributed by atoms with Gasteiger partial charge in [0.05, 0.1) is 16.8 Å². The Bertz CT molecular complexity index is 3310. The van der Waals surface area contributed by atoms with Crippen molar-refractivity contribution in [1.29, 1.82) is 0 Å². The second-order valence-corrected chi connectivity index (χ2v) is 15.6. The summed E-state index contributed by atoms with van der Waals surface area (Å²) in [5, 5.41) is 2.17. The van der Waals surface area contributed by atoms with Crippen LogP contribution < -0.4 is 4.90 Å². The number of anilines is 3. The lowest BCUT2D eigenvalue weighted by Gasteiger charge is -2.29. The summed E-state index contributed by atoms with van der Waals surface area (Å²) in [4.78, 5) is 2.41. The Morgan fingerprint density at radius 2 is 0.629 bits per heavy atom. The average molecular weight is 792 g/mol. The average Bonchev–Trinajstić information content (AvgIpc) is 3.75. The van der Waals surface area contributed by atoms with Crippen LogP contribution in [0.2, 0.25) is 0 Å². The minimum Gasteiger partial charge on any atom is -0.456 e. The zero-order valence-corrected chi connectivity index (χ0v) is 34.0. The van der Waals surface area contributed by atoms with E-state index in [-0.39, 0.29) is 0 Å². The van der Waals surface area contributed by atoms with Gasteiger partial charge in [-0.2, -0.15) is 0 Å². The molecule has 11 rings (SSSR count). The van der Waals surface area contributed by atoms with Gasteiger partial charge < -0.3 is 9.32 Å². The Morgan fingerprint density at radius 1 is 0.242 bits per heavy atom. The maximum Gasteiger partial charge on any atom is 0.137 e. The van der Waals surface area contributed by atoms with Crippen LogP contribution in [0, 0.1) is 0 Å². The second kappa shape index (κ2) is 16.1. The molecule has 1 heterocycles. The van der Waals surface area contributed by atoms with E-state index >= 15 is 0 Å². The summed E-state index contributed by atoms with van der Waals surface area (Å²) in [6.45, 7) is 0. The van der Waals surface area contributed by atoms with Crippen molar-refractivity contribution in [3.63, 3.8) is 0 Å². The minimum atomic E-state index is 0.855. The van der Waals surface area contributed by atoms with Gasteiger partial charge in [-0.1, -0.05) is 212 Å². The molecule has 0 fully saturated rings. The topological polar surface area (TPSA) is 16.4 Å². The summed E-state index contributed by atoms with van der Waals surface area (Å²) in [7, 11) is 0. The highest BCUT2D eigenvalue weighted by molar-refractivity contribution is 6.14. The van der Waals surface area contributed by atoms with Crippen LogP contribution in [0.5, 0.6) is 0 Å². The SMILES string of the molecule is c1ccc(-c2ccc(-c3ccc(N(c4ccccc4-c4ccccc4-c4ccccc4-c4ccc(-c5ccccc5)cc4)c4cccc5oc6ccccc6c45)cc3)cc2)cc1. The molecule has 292 valence electrons. The van der Waals surface area contributed by atoms with E-state index in [9.17, 15) is 0 Å². The molecule has 0 N–H and O–H groups in total. The van der Waals surface area contributed by atoms with E-state index < -0.39 is 0 Å². The summed E-state index contributed by atoms with van der Waals surface area (Å²) in [6, 6.07) is 89.0. The van der Waals surface area contributed by atoms with Crippen molar-refractivity contribution in [2.75, 3.05) is 4.90 Å². The number of benzene rings is 10. The first kappa shape index (κ1) is 36.8. The molecule has 0 saturated carbocycles. The van der Waals surface area contributed by atoms with Gasteiger partial charge in [-0.15, -0.1) is 0 Å². The molecular weight excluding hydrogens is 751 g/mol. The fourth-order valence-electron chi connectivity index (χ4n) is 8.93. The fraction of sp³-hybridized carbons (Fsp3) is 0. The second-order valence-electron chi connectivity index (χ2n) is 15.6. The molecule has 0 aliphatic rings. The quantitative estimate of drug-likeness (QED) is 0.145. The monoisotopic (exact) mass is 791 g/mol. The molecule has 0 amide bonds. The van der Waals surface area contributed by atoms with Gasteiger partial charge in [-0.25, -0.2) is 0 Å². The van der Waals surface area contributed by atoms with Gasteiger partial charge in [0, 0.05) is 16.6 Å². The van der Waals surface area contributed by atoms with E-state index in [1.165, 1.54) is 50.1 Å². The van der Waals surface area contributed by atoms with Crippen molar-refractivity contribution in [2.24, 2.45) is 0 Å². The molecule has 0 bridgehead atoms. The van der Waals surface area contributed by atoms with Crippen LogP contribution in [-0.2, 0) is 0 Å². The highest BCUT2D eigenvalue weighted by Gasteiger charge is 2.23. The molecule has 10 aromatic carbocycles. The molecule has 11 aromatic rings. The number of rotatable bonds is 9. The van der Waals surface area contributed by atoms with E-state index in [4.69, 9.17) is 4.42 Å². The molecule has 0 spiro atoms. The Hall–Kier alpha value is -8.20. The first-order valence-electron chi connectivity index (χ1n) is 21.2. The summed E-state index contributed by atoms with van der Waals surface area (Å²) >= 11 is 0. The molecule has 0 aliphatic heterocycles. The van der Waals surface area contributed by atoms with Gasteiger partial charge in [0.1, 0.15) is 11.2 Å². The van der Waals surface area contributed by atoms with Crippen molar-refractivity contribution in [1.82, 2.24) is 0 Å². The lowest BCUT2D eigenvalue weighted by Crippen LogP contribution is -2.11. The normalized spacial score (nSPS) is 11.2. The lowest BCUT2D eigenvalue weighted by atomic mass is 9.88. The standard InChI is InChI=1S/C60H41NO/c1-3-16-42(17-4-1)44-30-32-46(33-31-44)47-38-40-49(41-39-47)61(57-27-15-29-59-60(57)55-25-12-14-28-58(55)62-59)56-26-13-11-24-54(56)53-23-10-9-22-52(53)51-21-8-7-20-50(51)48-36-34-45(35-37-48)43-18-5-2-6-19-43/h1-41H. The highest BCUT2D eigenvalue weighted by atomic mass is 16.3. The molecule has 0 radical (unpaired) electrons. The molecule has 2 heteroatoms. The maximum absolute atomic E-state index is 6.49. The third-order valence-electron chi connectivity index (χ3n) is 12.0. The Kier molecular flexibility index (Phi) is 9.57. The van der Waals surface area contributed by atoms with Crippen LogP contribution in [0.15, 0.2) is 253 Å². The predicted molar refractivity (Wildman–Crippen MR) is 261 cm³/mol. The number of para-hydroxylation sites is 2. The largest absolute Gasteiger partial charge is 0.456 e. The van der Waals surface area contributed by atoms with Crippen LogP contribution in [0.1, 0.15) is 0 Å². The van der Waals surface area contributed by atoms with E-state index in [2.05, 4.69) is 248 Å². The number of furan rings is 1. The molecule has 0 aliphatic carbocycles. The van der Waals surface area contributed by atoms with Gasteiger partial charge in [0.25, 0.3) is 0 Å². The molecule has 0 saturated heterocycles. The molecular formula is C60H41NO. The Balaban J connectivity index is 1.05. The molecule has 1 aromatic heterocycles. The van der Waals surface area contributed by atoms with Gasteiger partial charge in [-0.05, 0) is 97.6 Å². The van der Waals surface area contributed by atoms with Crippen LogP contribution in [0.3, 0.4) is 0 Å². The summed E-state index contributed by atoms with van der Waals surface area (Å²) in [5.74, 6) is 0. The van der Waals surface area contributed by atoms with Gasteiger partial charge in [0.15, 0.2) is 0 Å². The van der Waals surface area contributed by atoms with Crippen LogP contribution >= 0.6 is 0 Å². The lowest BCUT2D eigenvalue weighted by molar-refractivity contribution is 0.669.